The summed E-state index contributed by atoms with van der Waals surface area (Å²) >= 11 is 0. The van der Waals surface area contributed by atoms with E-state index in [1.807, 2.05) is 6.92 Å². The van der Waals surface area contributed by atoms with Crippen molar-refractivity contribution >= 4 is 0 Å². The summed E-state index contributed by atoms with van der Waals surface area (Å²) in [5.74, 6) is 0. The minimum Gasteiger partial charge on any atom is -0.106 e. The van der Waals surface area contributed by atoms with E-state index in [9.17, 15) is 0 Å². The maximum atomic E-state index is 3.36. The molecular weight excluding hydrogens is 180 g/mol. The zero-order valence-corrected chi connectivity index (χ0v) is 10.8. The molecule has 15 heavy (non-hydrogen) atoms. The van der Waals surface area contributed by atoms with Crippen LogP contribution in [0.3, 0.4) is 0 Å². The molecule has 0 saturated heterocycles. The third-order valence-electron chi connectivity index (χ3n) is 0. The summed E-state index contributed by atoms with van der Waals surface area (Å²) in [6.45, 7) is 41.2. The van der Waals surface area contributed by atoms with Gasteiger partial charge in [-0.2, -0.15) is 0 Å². The first-order chi connectivity index (χ1) is 7.41. The van der Waals surface area contributed by atoms with Crippen molar-refractivity contribution in [3.8, 4) is 0 Å². The Kier molecular flexibility index (Phi) is 7730. The molecule has 90 valence electrons. The molecule has 0 aliphatic rings. The van der Waals surface area contributed by atoms with Gasteiger partial charge in [-0.3, -0.25) is 0 Å². The molecule has 0 amide bonds. The van der Waals surface area contributed by atoms with Gasteiger partial charge in [-0.05, 0) is 6.92 Å². The van der Waals surface area contributed by atoms with Crippen molar-refractivity contribution in [1.29, 1.82) is 0 Å². The monoisotopic (exact) mass is 210 g/mol. The van der Waals surface area contributed by atoms with Crippen molar-refractivity contribution in [1.82, 2.24) is 0 Å². The Morgan fingerprint density at radius 3 is 0.467 bits per heavy atom. The Labute approximate surface area is 99.1 Å². The standard InChI is InChI=1S/C3H6.6C2H4/c1-3-2;6*1-2/h3H,1H2,2H3;6*1-2H2. The Balaban J connectivity index is -0.0000000101. The van der Waals surface area contributed by atoms with Crippen molar-refractivity contribution in [2.75, 3.05) is 0 Å². The molecule has 0 saturated carbocycles. The number of allylic oxidation sites excluding steroid dienone is 1. The van der Waals surface area contributed by atoms with Gasteiger partial charge in [0.05, 0.1) is 0 Å². The number of hydrogen-bond donors (Lipinski definition) is 0. The van der Waals surface area contributed by atoms with E-state index in [2.05, 4.69) is 85.5 Å². The molecule has 0 radical (unpaired) electrons. The molecule has 0 aromatic rings. The van der Waals surface area contributed by atoms with Crippen molar-refractivity contribution in [3.63, 3.8) is 0 Å². The van der Waals surface area contributed by atoms with Crippen molar-refractivity contribution < 1.29 is 0 Å². The average Bonchev–Trinajstić information content (AvgIpc) is 2.44. The van der Waals surface area contributed by atoms with Gasteiger partial charge in [-0.25, -0.2) is 0 Å². The summed E-state index contributed by atoms with van der Waals surface area (Å²) in [4.78, 5) is 0. The first-order valence-electron chi connectivity index (χ1n) is 3.99. The average molecular weight is 210 g/mol. The Bertz CT molecular complexity index is 39.5. The van der Waals surface area contributed by atoms with E-state index < -0.39 is 0 Å². The van der Waals surface area contributed by atoms with Gasteiger partial charge < -0.3 is 0 Å². The van der Waals surface area contributed by atoms with E-state index >= 15 is 0 Å². The number of hydrogen-bond acceptors (Lipinski definition) is 0. The Hall–Kier alpha value is -1.82. The highest BCUT2D eigenvalue weighted by Crippen LogP contribution is 1.38. The van der Waals surface area contributed by atoms with Crippen molar-refractivity contribution in [2.45, 2.75) is 6.92 Å². The molecule has 0 unspecified atom stereocenters. The van der Waals surface area contributed by atoms with Crippen LogP contribution in [0.4, 0.5) is 0 Å². The molecule has 0 aromatic carbocycles. The molecule has 0 heterocycles. The van der Waals surface area contributed by atoms with Gasteiger partial charge in [0.1, 0.15) is 0 Å². The summed E-state index contributed by atoms with van der Waals surface area (Å²) in [5.41, 5.74) is 0. The summed E-state index contributed by atoms with van der Waals surface area (Å²) in [7, 11) is 0. The fourth-order valence-corrected chi connectivity index (χ4v) is 0. The largest absolute Gasteiger partial charge is 0.106 e. The normalized spacial score (nSPS) is 2.47. The second-order valence-electron chi connectivity index (χ2n) is 0.408. The fourth-order valence-electron chi connectivity index (χ4n) is 0. The second-order valence-corrected chi connectivity index (χ2v) is 0.408. The molecule has 0 fully saturated rings. The van der Waals surface area contributed by atoms with E-state index in [1.54, 1.807) is 6.08 Å². The summed E-state index contributed by atoms with van der Waals surface area (Å²) in [6, 6.07) is 0. The lowest BCUT2D eigenvalue weighted by Gasteiger charge is -1.31. The van der Waals surface area contributed by atoms with Crippen LogP contribution < -0.4 is 0 Å². The van der Waals surface area contributed by atoms with Gasteiger partial charge >= 0.3 is 0 Å². The van der Waals surface area contributed by atoms with E-state index in [0.717, 1.165) is 0 Å². The highest BCUT2D eigenvalue weighted by atomic mass is 13.2. The molecule has 0 heteroatoms. The van der Waals surface area contributed by atoms with Gasteiger partial charge in [0, 0.05) is 0 Å². The van der Waals surface area contributed by atoms with Gasteiger partial charge in [-0.1, -0.05) is 6.08 Å². The summed E-state index contributed by atoms with van der Waals surface area (Å²) < 4.78 is 0. The van der Waals surface area contributed by atoms with Gasteiger partial charge in [0.25, 0.3) is 0 Å². The number of rotatable bonds is 0. The third-order valence-corrected chi connectivity index (χ3v) is 0. The highest BCUT2D eigenvalue weighted by Gasteiger charge is 1.15. The zero-order valence-electron chi connectivity index (χ0n) is 10.8. The van der Waals surface area contributed by atoms with Crippen LogP contribution in [0.2, 0.25) is 0 Å². The molecule has 0 spiro atoms. The third kappa shape index (κ3) is 381. The van der Waals surface area contributed by atoms with Crippen LogP contribution in [0.25, 0.3) is 0 Å². The van der Waals surface area contributed by atoms with Crippen LogP contribution in [-0.4, -0.2) is 0 Å². The lowest BCUT2D eigenvalue weighted by Crippen LogP contribution is -1.07. The predicted molar refractivity (Wildman–Crippen MR) is 83.4 cm³/mol. The van der Waals surface area contributed by atoms with Crippen LogP contribution in [0.5, 0.6) is 0 Å². The molecule has 0 atom stereocenters. The maximum Gasteiger partial charge on any atom is -0.0473 e. The first-order valence-corrected chi connectivity index (χ1v) is 3.99. The topological polar surface area (TPSA) is 0 Å². The second kappa shape index (κ2) is 2260. The predicted octanol–water partition coefficient (Wildman–Crippen LogP) is 6.01. The van der Waals surface area contributed by atoms with Crippen molar-refractivity contribution in [2.24, 2.45) is 0 Å². The molecule has 0 aliphatic heterocycles. The molecule has 0 N–H and O–H groups in total. The minimum atomic E-state index is 1.75. The van der Waals surface area contributed by atoms with Crippen LogP contribution in [-0.2, 0) is 0 Å². The summed E-state index contributed by atoms with van der Waals surface area (Å²) in [5, 5.41) is 0. The fraction of sp³-hybridized carbons (Fsp3) is 0.0667. The Morgan fingerprint density at radius 2 is 0.467 bits per heavy atom. The highest BCUT2D eigenvalue weighted by molar-refractivity contribution is 4.51. The lowest BCUT2D eigenvalue weighted by molar-refractivity contribution is 1.80. The first kappa shape index (κ1) is 51.2. The van der Waals surface area contributed by atoms with Gasteiger partial charge in [-0.15, -0.1) is 85.5 Å². The van der Waals surface area contributed by atoms with E-state index in [0.29, 0.717) is 0 Å². The molecule has 0 aliphatic carbocycles. The van der Waals surface area contributed by atoms with Gasteiger partial charge in [0.2, 0.25) is 0 Å². The summed E-state index contributed by atoms with van der Waals surface area (Å²) in [6.07, 6.45) is 1.75. The van der Waals surface area contributed by atoms with E-state index in [-0.39, 0.29) is 0 Å². The lowest BCUT2D eigenvalue weighted by atomic mass is 10.8. The van der Waals surface area contributed by atoms with Gasteiger partial charge in [0.15, 0.2) is 0 Å². The molecular formula is C15H30. The molecule has 0 bridgehead atoms. The molecule has 0 nitrogen and oxygen atoms in total. The smallest absolute Gasteiger partial charge is 0.0473 e. The Morgan fingerprint density at radius 1 is 0.467 bits per heavy atom. The van der Waals surface area contributed by atoms with Crippen LogP contribution in [0, 0.1) is 0 Å². The van der Waals surface area contributed by atoms with E-state index in [4.69, 9.17) is 0 Å². The van der Waals surface area contributed by atoms with Crippen LogP contribution in [0.15, 0.2) is 91.6 Å². The minimum absolute atomic E-state index is 1.75. The molecule has 0 rings (SSSR count). The maximum absolute atomic E-state index is 3.36. The zero-order chi connectivity index (χ0) is 14.7. The molecule has 0 aromatic heterocycles. The van der Waals surface area contributed by atoms with Crippen LogP contribution >= 0.6 is 0 Å². The van der Waals surface area contributed by atoms with E-state index in [1.165, 1.54) is 0 Å². The SMILES string of the molecule is C=C.C=C.C=C.C=C.C=C.C=C.C=CC. The van der Waals surface area contributed by atoms with Crippen LogP contribution in [0.1, 0.15) is 6.92 Å². The quantitative estimate of drug-likeness (QED) is 0.430. The van der Waals surface area contributed by atoms with Crippen molar-refractivity contribution in [3.05, 3.63) is 91.6 Å².